The van der Waals surface area contributed by atoms with Gasteiger partial charge in [-0.3, -0.25) is 14.7 Å². The van der Waals surface area contributed by atoms with E-state index in [4.69, 9.17) is 9.47 Å². The van der Waals surface area contributed by atoms with Crippen LogP contribution in [0.3, 0.4) is 0 Å². The van der Waals surface area contributed by atoms with Crippen molar-refractivity contribution >= 4 is 11.8 Å². The third kappa shape index (κ3) is 5.64. The highest BCUT2D eigenvalue weighted by Crippen LogP contribution is 2.40. The molecular weight excluding hydrogens is 478 g/mol. The van der Waals surface area contributed by atoms with Crippen LogP contribution in [-0.4, -0.2) is 33.3 Å². The number of methoxy groups -OCH3 is 1. The van der Waals surface area contributed by atoms with Crippen molar-refractivity contribution in [1.82, 2.24) is 14.8 Å². The summed E-state index contributed by atoms with van der Waals surface area (Å²) in [5.41, 5.74) is 2.74. The number of nitrogens with zero attached hydrogens (tertiary/aromatic N) is 5. The largest absolute Gasteiger partial charge is 0.497 e. The van der Waals surface area contributed by atoms with Gasteiger partial charge in [0.25, 0.3) is 0 Å². The van der Waals surface area contributed by atoms with Gasteiger partial charge in [-0.15, -0.1) is 10.2 Å². The number of para-hydroxylation sites is 1. The van der Waals surface area contributed by atoms with E-state index in [9.17, 15) is 15.4 Å². The third-order valence-electron chi connectivity index (χ3n) is 5.48. The van der Waals surface area contributed by atoms with Crippen molar-refractivity contribution < 1.29 is 14.4 Å². The zero-order chi connectivity index (χ0) is 25.5. The van der Waals surface area contributed by atoms with Crippen LogP contribution in [-0.2, 0) is 6.61 Å². The van der Waals surface area contributed by atoms with Crippen LogP contribution in [0.1, 0.15) is 27.8 Å². The summed E-state index contributed by atoms with van der Waals surface area (Å²) in [5.74, 6) is 1.88. The van der Waals surface area contributed by atoms with Crippen LogP contribution in [0, 0.1) is 28.4 Å². The number of nitro groups is 1. The third-order valence-corrected chi connectivity index (χ3v) is 6.64. The molecule has 1 atom stereocenters. The van der Waals surface area contributed by atoms with E-state index in [1.807, 2.05) is 66.1 Å². The van der Waals surface area contributed by atoms with E-state index < -0.39 is 5.25 Å². The Labute approximate surface area is 212 Å². The molecule has 1 aromatic heterocycles. The monoisotopic (exact) mass is 501 g/mol. The van der Waals surface area contributed by atoms with Gasteiger partial charge in [0.05, 0.1) is 18.7 Å². The van der Waals surface area contributed by atoms with Crippen LogP contribution < -0.4 is 9.47 Å². The number of rotatable bonds is 10. The molecule has 9 nitrogen and oxygen atoms in total. The van der Waals surface area contributed by atoms with Crippen LogP contribution in [0.15, 0.2) is 78.0 Å². The second-order valence-electron chi connectivity index (χ2n) is 7.78. The van der Waals surface area contributed by atoms with Crippen LogP contribution in [0.25, 0.3) is 5.69 Å². The van der Waals surface area contributed by atoms with Crippen LogP contribution in [0.5, 0.6) is 11.5 Å². The Morgan fingerprint density at radius 2 is 1.81 bits per heavy atom. The van der Waals surface area contributed by atoms with Crippen LogP contribution >= 0.6 is 11.8 Å². The SMILES string of the molecule is COc1ccc(-n2c(C)nnc2S[C@@H](C[N+](=O)[O-])c2ccccc2OCc2ccccc2C#N)cc1. The second-order valence-corrected chi connectivity index (χ2v) is 8.95. The first-order chi connectivity index (χ1) is 17.5. The summed E-state index contributed by atoms with van der Waals surface area (Å²) in [6, 6.07) is 24.0. The molecule has 0 bridgehead atoms. The topological polar surface area (TPSA) is 116 Å². The molecule has 4 aromatic rings. The molecule has 4 rings (SSSR count). The first kappa shape index (κ1) is 24.8. The van der Waals surface area contributed by atoms with Crippen LogP contribution in [0.2, 0.25) is 0 Å². The lowest BCUT2D eigenvalue weighted by Gasteiger charge is -2.18. The second kappa shape index (κ2) is 11.4. The van der Waals surface area contributed by atoms with Crippen molar-refractivity contribution in [2.75, 3.05) is 13.7 Å². The van der Waals surface area contributed by atoms with Crippen molar-refractivity contribution in [3.05, 3.63) is 105 Å². The molecule has 3 aromatic carbocycles. The van der Waals surface area contributed by atoms with Gasteiger partial charge in [0, 0.05) is 21.7 Å². The van der Waals surface area contributed by atoms with Gasteiger partial charge in [-0.05, 0) is 43.3 Å². The van der Waals surface area contributed by atoms with Gasteiger partial charge in [0.1, 0.15) is 29.2 Å². The maximum Gasteiger partial charge on any atom is 0.220 e. The molecule has 0 aliphatic carbocycles. The number of hydrogen-bond donors (Lipinski definition) is 0. The molecule has 0 aliphatic heterocycles. The number of nitriles is 1. The molecule has 0 unspecified atom stereocenters. The number of aryl methyl sites for hydroxylation is 1. The number of hydrogen-bond acceptors (Lipinski definition) is 8. The zero-order valence-corrected chi connectivity index (χ0v) is 20.5. The van der Waals surface area contributed by atoms with Gasteiger partial charge in [0.2, 0.25) is 6.54 Å². The molecular formula is C26H23N5O4S. The van der Waals surface area contributed by atoms with E-state index in [0.717, 1.165) is 11.3 Å². The lowest BCUT2D eigenvalue weighted by atomic mass is 10.1. The lowest BCUT2D eigenvalue weighted by Crippen LogP contribution is -2.12. The Morgan fingerprint density at radius 1 is 1.08 bits per heavy atom. The summed E-state index contributed by atoms with van der Waals surface area (Å²) in [6.45, 7) is 1.65. The molecule has 36 heavy (non-hydrogen) atoms. The van der Waals surface area contributed by atoms with Crippen molar-refractivity contribution in [3.8, 4) is 23.3 Å². The normalized spacial score (nSPS) is 11.5. The molecule has 182 valence electrons. The van der Waals surface area contributed by atoms with E-state index in [2.05, 4.69) is 16.3 Å². The summed E-state index contributed by atoms with van der Waals surface area (Å²) < 4.78 is 13.2. The van der Waals surface area contributed by atoms with Gasteiger partial charge in [-0.25, -0.2) is 0 Å². The maximum atomic E-state index is 11.6. The van der Waals surface area contributed by atoms with E-state index >= 15 is 0 Å². The molecule has 0 saturated carbocycles. The predicted molar refractivity (Wildman–Crippen MR) is 135 cm³/mol. The minimum atomic E-state index is -0.594. The Morgan fingerprint density at radius 3 is 2.53 bits per heavy atom. The fraction of sp³-hybridized carbons (Fsp3) is 0.192. The number of thioether (sulfide) groups is 1. The Hall–Kier alpha value is -4.36. The Bertz CT molecular complexity index is 1400. The van der Waals surface area contributed by atoms with E-state index in [1.54, 1.807) is 25.3 Å². The summed E-state index contributed by atoms with van der Waals surface area (Å²) in [4.78, 5) is 11.3. The van der Waals surface area contributed by atoms with Crippen molar-refractivity contribution in [1.29, 1.82) is 5.26 Å². The molecule has 0 N–H and O–H groups in total. The summed E-state index contributed by atoms with van der Waals surface area (Å²) in [6.07, 6.45) is 0. The molecule has 10 heteroatoms. The van der Waals surface area contributed by atoms with E-state index in [0.29, 0.717) is 33.6 Å². The van der Waals surface area contributed by atoms with Gasteiger partial charge >= 0.3 is 0 Å². The molecule has 0 spiro atoms. The van der Waals surface area contributed by atoms with E-state index in [-0.39, 0.29) is 18.1 Å². The summed E-state index contributed by atoms with van der Waals surface area (Å²) in [7, 11) is 1.60. The number of benzene rings is 3. The van der Waals surface area contributed by atoms with Gasteiger partial charge in [0.15, 0.2) is 5.16 Å². The van der Waals surface area contributed by atoms with Gasteiger partial charge in [-0.1, -0.05) is 48.2 Å². The molecule has 1 heterocycles. The fourth-order valence-electron chi connectivity index (χ4n) is 3.70. The number of ether oxygens (including phenoxy) is 2. The maximum absolute atomic E-state index is 11.6. The van der Waals surface area contributed by atoms with Crippen molar-refractivity contribution in [2.45, 2.75) is 23.9 Å². The average molecular weight is 502 g/mol. The quantitative estimate of drug-likeness (QED) is 0.166. The first-order valence-electron chi connectivity index (χ1n) is 11.0. The van der Waals surface area contributed by atoms with Gasteiger partial charge < -0.3 is 9.47 Å². The summed E-state index contributed by atoms with van der Waals surface area (Å²) >= 11 is 1.25. The molecule has 0 fully saturated rings. The molecule has 0 amide bonds. The average Bonchev–Trinajstić information content (AvgIpc) is 3.26. The molecule has 0 radical (unpaired) electrons. The first-order valence-corrected chi connectivity index (χ1v) is 11.9. The molecule has 0 saturated heterocycles. The van der Waals surface area contributed by atoms with E-state index in [1.165, 1.54) is 11.8 Å². The lowest BCUT2D eigenvalue weighted by molar-refractivity contribution is -0.479. The summed E-state index contributed by atoms with van der Waals surface area (Å²) in [5, 5.41) is 29.4. The smallest absolute Gasteiger partial charge is 0.220 e. The fourth-order valence-corrected chi connectivity index (χ4v) is 4.90. The van der Waals surface area contributed by atoms with Crippen molar-refractivity contribution in [2.24, 2.45) is 0 Å². The minimum absolute atomic E-state index is 0.164. The van der Waals surface area contributed by atoms with Gasteiger partial charge in [-0.2, -0.15) is 5.26 Å². The standard InChI is InChI=1S/C26H23N5O4S/c1-18-28-29-26(31(18)21-11-13-22(34-2)14-12-21)36-25(16-30(32)33)23-9-5-6-10-24(23)35-17-20-8-4-3-7-19(20)15-27/h3-14,25H,16-17H2,1-2H3/t25-/m0/s1. The Kier molecular flexibility index (Phi) is 7.82. The van der Waals surface area contributed by atoms with Crippen molar-refractivity contribution in [3.63, 3.8) is 0 Å². The molecule has 0 aliphatic rings. The minimum Gasteiger partial charge on any atom is -0.497 e. The zero-order valence-electron chi connectivity index (χ0n) is 19.7. The highest BCUT2D eigenvalue weighted by molar-refractivity contribution is 7.99. The predicted octanol–water partition coefficient (Wildman–Crippen LogP) is 5.15. The highest BCUT2D eigenvalue weighted by atomic mass is 32.2. The van der Waals surface area contributed by atoms with Crippen LogP contribution in [0.4, 0.5) is 0 Å². The number of aromatic nitrogens is 3. The highest BCUT2D eigenvalue weighted by Gasteiger charge is 2.26. The Balaban J connectivity index is 1.65.